The van der Waals surface area contributed by atoms with Gasteiger partial charge in [-0.1, -0.05) is 6.92 Å². The molecule has 3 heteroatoms. The fourth-order valence-electron chi connectivity index (χ4n) is 0.497. The van der Waals surface area contributed by atoms with Crippen LogP contribution in [0.5, 0.6) is 0 Å². The average Bonchev–Trinajstić information content (AvgIpc) is 1.86. The minimum absolute atomic E-state index is 0. The molecule has 0 amide bonds. The van der Waals surface area contributed by atoms with Gasteiger partial charge in [-0.2, -0.15) is 0 Å². The zero-order valence-electron chi connectivity index (χ0n) is 7.18. The maximum Gasteiger partial charge on any atom is 0.0988 e. The van der Waals surface area contributed by atoms with Gasteiger partial charge in [-0.25, -0.2) is 0 Å². The first-order valence-electron chi connectivity index (χ1n) is 3.21. The standard InChI is InChI=1S/C7H15NO.Y/c1-5-7(3,9)6(2)8-4;/h9H,5H2,1-4H3;. The molecular formula is C7H15NOY. The van der Waals surface area contributed by atoms with Gasteiger partial charge in [-0.3, -0.25) is 4.99 Å². The summed E-state index contributed by atoms with van der Waals surface area (Å²) in [7, 11) is 1.69. The van der Waals surface area contributed by atoms with E-state index in [2.05, 4.69) is 4.99 Å². The minimum atomic E-state index is -0.700. The molecule has 10 heavy (non-hydrogen) atoms. The summed E-state index contributed by atoms with van der Waals surface area (Å²) in [5.41, 5.74) is 0.0966. The van der Waals surface area contributed by atoms with Crippen molar-refractivity contribution in [1.82, 2.24) is 0 Å². The van der Waals surface area contributed by atoms with Gasteiger partial charge < -0.3 is 5.11 Å². The second-order valence-corrected chi connectivity index (χ2v) is 2.44. The Morgan fingerprint density at radius 2 is 2.00 bits per heavy atom. The summed E-state index contributed by atoms with van der Waals surface area (Å²) in [4.78, 5) is 3.90. The predicted octanol–water partition coefficient (Wildman–Crippen LogP) is 1.24. The number of hydrogen-bond donors (Lipinski definition) is 1. The summed E-state index contributed by atoms with van der Waals surface area (Å²) in [6.45, 7) is 5.55. The van der Waals surface area contributed by atoms with E-state index in [1.54, 1.807) is 14.0 Å². The van der Waals surface area contributed by atoms with Crippen LogP contribution in [0.2, 0.25) is 0 Å². The largest absolute Gasteiger partial charge is 0.384 e. The Balaban J connectivity index is 0. The topological polar surface area (TPSA) is 32.6 Å². The van der Waals surface area contributed by atoms with E-state index in [1.165, 1.54) is 0 Å². The molecule has 1 atom stereocenters. The fourth-order valence-corrected chi connectivity index (χ4v) is 0.497. The molecule has 0 saturated heterocycles. The molecule has 1 radical (unpaired) electrons. The monoisotopic (exact) mass is 218 g/mol. The van der Waals surface area contributed by atoms with E-state index in [1.807, 2.05) is 13.8 Å². The van der Waals surface area contributed by atoms with Crippen LogP contribution in [-0.2, 0) is 32.7 Å². The zero-order chi connectivity index (χ0) is 7.49. The van der Waals surface area contributed by atoms with E-state index >= 15 is 0 Å². The van der Waals surface area contributed by atoms with Crippen LogP contribution in [0.3, 0.4) is 0 Å². The molecule has 0 aliphatic rings. The summed E-state index contributed by atoms with van der Waals surface area (Å²) >= 11 is 0. The van der Waals surface area contributed by atoms with Gasteiger partial charge in [-0.15, -0.1) is 0 Å². The Labute approximate surface area is 88.0 Å². The molecule has 0 aliphatic carbocycles. The van der Waals surface area contributed by atoms with E-state index < -0.39 is 5.60 Å². The summed E-state index contributed by atoms with van der Waals surface area (Å²) < 4.78 is 0. The maximum atomic E-state index is 9.46. The molecule has 0 aromatic rings. The van der Waals surface area contributed by atoms with Gasteiger partial charge in [-0.05, 0) is 20.3 Å². The second-order valence-electron chi connectivity index (χ2n) is 2.44. The number of aliphatic imine (C=N–C) groups is 1. The van der Waals surface area contributed by atoms with Crippen molar-refractivity contribution in [3.05, 3.63) is 0 Å². The first kappa shape index (κ1) is 13.3. The third-order valence-corrected chi connectivity index (χ3v) is 1.80. The molecule has 0 heterocycles. The van der Waals surface area contributed by atoms with E-state index in [0.29, 0.717) is 0 Å². The van der Waals surface area contributed by atoms with E-state index in [-0.39, 0.29) is 32.7 Å². The Kier molecular flexibility index (Phi) is 7.19. The smallest absolute Gasteiger partial charge is 0.0988 e. The van der Waals surface area contributed by atoms with Crippen LogP contribution in [0.4, 0.5) is 0 Å². The SMILES string of the molecule is CCC(C)(O)C(C)=NC.[Y]. The Bertz CT molecular complexity index is 121. The molecule has 1 N–H and O–H groups in total. The van der Waals surface area contributed by atoms with Gasteiger partial charge >= 0.3 is 0 Å². The van der Waals surface area contributed by atoms with Crippen molar-refractivity contribution in [2.75, 3.05) is 7.05 Å². The molecule has 2 nitrogen and oxygen atoms in total. The third-order valence-electron chi connectivity index (χ3n) is 1.80. The molecule has 0 aromatic carbocycles. The normalized spacial score (nSPS) is 17.5. The van der Waals surface area contributed by atoms with Gasteiger partial charge in [0, 0.05) is 45.5 Å². The van der Waals surface area contributed by atoms with Crippen molar-refractivity contribution in [2.24, 2.45) is 4.99 Å². The van der Waals surface area contributed by atoms with Gasteiger partial charge in [0.05, 0.1) is 5.60 Å². The van der Waals surface area contributed by atoms with Gasteiger partial charge in [0.1, 0.15) is 0 Å². The number of nitrogens with zero attached hydrogens (tertiary/aromatic N) is 1. The van der Waals surface area contributed by atoms with Crippen LogP contribution in [0.25, 0.3) is 0 Å². The zero-order valence-corrected chi connectivity index (χ0v) is 10.0. The Morgan fingerprint density at radius 1 is 1.60 bits per heavy atom. The third kappa shape index (κ3) is 3.79. The van der Waals surface area contributed by atoms with Crippen LogP contribution in [0.1, 0.15) is 27.2 Å². The molecule has 0 aliphatic heterocycles. The van der Waals surface area contributed by atoms with Gasteiger partial charge in [0.25, 0.3) is 0 Å². The maximum absolute atomic E-state index is 9.46. The quantitative estimate of drug-likeness (QED) is 0.695. The second kappa shape index (κ2) is 5.39. The molecular weight excluding hydrogens is 203 g/mol. The van der Waals surface area contributed by atoms with Crippen LogP contribution in [0.15, 0.2) is 4.99 Å². The predicted molar refractivity (Wildman–Crippen MR) is 39.9 cm³/mol. The summed E-state index contributed by atoms with van der Waals surface area (Å²) in [5, 5.41) is 9.46. The summed E-state index contributed by atoms with van der Waals surface area (Å²) in [6, 6.07) is 0. The molecule has 0 bridgehead atoms. The number of hydrogen-bond acceptors (Lipinski definition) is 2. The summed E-state index contributed by atoms with van der Waals surface area (Å²) in [5.74, 6) is 0. The molecule has 0 aromatic heterocycles. The van der Waals surface area contributed by atoms with Crippen molar-refractivity contribution in [3.63, 3.8) is 0 Å². The molecule has 0 rings (SSSR count). The van der Waals surface area contributed by atoms with Gasteiger partial charge in [0.2, 0.25) is 0 Å². The first-order chi connectivity index (χ1) is 4.04. The minimum Gasteiger partial charge on any atom is -0.384 e. The fraction of sp³-hybridized carbons (Fsp3) is 0.857. The molecule has 0 fully saturated rings. The van der Waals surface area contributed by atoms with Crippen molar-refractivity contribution >= 4 is 5.71 Å². The van der Waals surface area contributed by atoms with Crippen molar-refractivity contribution < 1.29 is 37.8 Å². The Morgan fingerprint density at radius 3 is 2.10 bits per heavy atom. The average molecular weight is 218 g/mol. The first-order valence-corrected chi connectivity index (χ1v) is 3.21. The molecule has 1 unspecified atom stereocenters. The van der Waals surface area contributed by atoms with Crippen LogP contribution in [-0.4, -0.2) is 23.5 Å². The molecule has 0 saturated carbocycles. The Hall–Kier alpha value is 0.734. The van der Waals surface area contributed by atoms with Crippen LogP contribution >= 0.6 is 0 Å². The molecule has 57 valence electrons. The molecule has 0 spiro atoms. The van der Waals surface area contributed by atoms with E-state index in [0.717, 1.165) is 12.1 Å². The van der Waals surface area contributed by atoms with Crippen LogP contribution in [0, 0.1) is 0 Å². The van der Waals surface area contributed by atoms with Gasteiger partial charge in [0.15, 0.2) is 0 Å². The van der Waals surface area contributed by atoms with E-state index in [9.17, 15) is 5.11 Å². The summed E-state index contributed by atoms with van der Waals surface area (Å²) in [6.07, 6.45) is 0.718. The van der Waals surface area contributed by atoms with Crippen molar-refractivity contribution in [3.8, 4) is 0 Å². The van der Waals surface area contributed by atoms with Crippen molar-refractivity contribution in [1.29, 1.82) is 0 Å². The van der Waals surface area contributed by atoms with Crippen LogP contribution < -0.4 is 0 Å². The van der Waals surface area contributed by atoms with Crippen molar-refractivity contribution in [2.45, 2.75) is 32.8 Å². The van der Waals surface area contributed by atoms with E-state index in [4.69, 9.17) is 0 Å². The number of rotatable bonds is 2. The number of aliphatic hydroxyl groups is 1.